The molecule has 0 spiro atoms. The summed E-state index contributed by atoms with van der Waals surface area (Å²) in [5, 5.41) is 9.26. The maximum absolute atomic E-state index is 13.0. The Morgan fingerprint density at radius 3 is 2.87 bits per heavy atom. The van der Waals surface area contributed by atoms with E-state index >= 15 is 0 Å². The van der Waals surface area contributed by atoms with Crippen molar-refractivity contribution in [2.24, 2.45) is 0 Å². The van der Waals surface area contributed by atoms with Crippen molar-refractivity contribution in [1.82, 2.24) is 10.2 Å². The zero-order valence-electron chi connectivity index (χ0n) is 7.70. The van der Waals surface area contributed by atoms with Crippen LogP contribution >= 0.6 is 0 Å². The second-order valence-electron chi connectivity index (χ2n) is 3.00. The Morgan fingerprint density at radius 1 is 1.33 bits per heavy atom. The highest BCUT2D eigenvalue weighted by molar-refractivity contribution is 5.77. The highest BCUT2D eigenvalue weighted by atomic mass is 19.1. The number of aromatic nitrogens is 2. The Morgan fingerprint density at radius 2 is 2.20 bits per heavy atom. The minimum atomic E-state index is -0.453. The van der Waals surface area contributed by atoms with Crippen molar-refractivity contribution in [1.29, 1.82) is 0 Å². The minimum Gasteiger partial charge on any atom is -0.353 e. The zero-order chi connectivity index (χ0) is 10.7. The van der Waals surface area contributed by atoms with Gasteiger partial charge in [0.05, 0.1) is 11.9 Å². The fourth-order valence-electron chi connectivity index (χ4n) is 1.24. The fourth-order valence-corrected chi connectivity index (χ4v) is 1.24. The molecule has 0 aliphatic carbocycles. The molecule has 0 aliphatic rings. The molecular formula is C10H8FN3O. The van der Waals surface area contributed by atoms with Crippen LogP contribution in [0.4, 0.5) is 15.8 Å². The van der Waals surface area contributed by atoms with Gasteiger partial charge in [0.2, 0.25) is 0 Å². The summed E-state index contributed by atoms with van der Waals surface area (Å²) in [7, 11) is 0. The molecule has 0 saturated carbocycles. The van der Waals surface area contributed by atoms with E-state index in [9.17, 15) is 9.18 Å². The quantitative estimate of drug-likeness (QED) is 0.754. The lowest BCUT2D eigenvalue weighted by molar-refractivity contribution is 0.112. The second kappa shape index (κ2) is 3.91. The van der Waals surface area contributed by atoms with Gasteiger partial charge in [0, 0.05) is 17.4 Å². The number of carbonyl (C=O) groups excluding carboxylic acids is 1. The molecule has 0 radical (unpaired) electrons. The number of H-pyrrole nitrogens is 1. The van der Waals surface area contributed by atoms with Gasteiger partial charge in [0.1, 0.15) is 12.1 Å². The Bertz CT molecular complexity index is 468. The van der Waals surface area contributed by atoms with Gasteiger partial charge in [-0.25, -0.2) is 4.39 Å². The summed E-state index contributed by atoms with van der Waals surface area (Å²) in [6, 6.07) is 4.04. The van der Waals surface area contributed by atoms with Crippen molar-refractivity contribution in [2.45, 2.75) is 0 Å². The summed E-state index contributed by atoms with van der Waals surface area (Å²) >= 11 is 0. The minimum absolute atomic E-state index is 0.293. The van der Waals surface area contributed by atoms with Gasteiger partial charge in [-0.2, -0.15) is 5.10 Å². The highest BCUT2D eigenvalue weighted by Gasteiger charge is 2.01. The van der Waals surface area contributed by atoms with Gasteiger partial charge < -0.3 is 5.32 Å². The molecule has 76 valence electrons. The van der Waals surface area contributed by atoms with Crippen molar-refractivity contribution >= 4 is 17.7 Å². The van der Waals surface area contributed by atoms with Gasteiger partial charge in [-0.05, 0) is 18.2 Å². The summed E-state index contributed by atoms with van der Waals surface area (Å²) in [5.74, 6) is -0.453. The molecule has 0 amide bonds. The number of hydrogen-bond acceptors (Lipinski definition) is 3. The summed E-state index contributed by atoms with van der Waals surface area (Å²) in [5.41, 5.74) is 1.51. The van der Waals surface area contributed by atoms with E-state index in [0.717, 1.165) is 0 Å². The van der Waals surface area contributed by atoms with Gasteiger partial charge in [-0.3, -0.25) is 9.89 Å². The van der Waals surface area contributed by atoms with E-state index in [1.165, 1.54) is 12.1 Å². The first-order valence-corrected chi connectivity index (χ1v) is 4.29. The molecule has 15 heavy (non-hydrogen) atoms. The molecule has 0 aliphatic heterocycles. The molecule has 1 heterocycles. The molecule has 5 heteroatoms. The topological polar surface area (TPSA) is 57.8 Å². The molecule has 2 aromatic rings. The third-order valence-electron chi connectivity index (χ3n) is 1.84. The summed E-state index contributed by atoms with van der Waals surface area (Å²) < 4.78 is 13.0. The van der Waals surface area contributed by atoms with Crippen LogP contribution in [0.5, 0.6) is 0 Å². The van der Waals surface area contributed by atoms with Crippen molar-refractivity contribution in [3.63, 3.8) is 0 Å². The lowest BCUT2D eigenvalue weighted by atomic mass is 10.2. The summed E-state index contributed by atoms with van der Waals surface area (Å²) in [4.78, 5) is 10.5. The van der Waals surface area contributed by atoms with E-state index in [2.05, 4.69) is 15.5 Å². The number of benzene rings is 1. The van der Waals surface area contributed by atoms with Crippen LogP contribution in [0.2, 0.25) is 0 Å². The molecular weight excluding hydrogens is 197 g/mol. The molecule has 1 aromatic heterocycles. The zero-order valence-corrected chi connectivity index (χ0v) is 7.70. The molecule has 4 nitrogen and oxygen atoms in total. The summed E-state index contributed by atoms with van der Waals surface area (Å²) in [6.45, 7) is 0. The van der Waals surface area contributed by atoms with E-state index < -0.39 is 5.82 Å². The van der Waals surface area contributed by atoms with Crippen LogP contribution < -0.4 is 5.32 Å². The number of nitrogens with zero attached hydrogens (tertiary/aromatic N) is 1. The first-order chi connectivity index (χ1) is 7.28. The third-order valence-corrected chi connectivity index (χ3v) is 1.84. The van der Waals surface area contributed by atoms with E-state index in [-0.39, 0.29) is 0 Å². The van der Waals surface area contributed by atoms with Crippen LogP contribution in [-0.4, -0.2) is 16.5 Å². The predicted molar refractivity (Wildman–Crippen MR) is 53.7 cm³/mol. The predicted octanol–water partition coefficient (Wildman–Crippen LogP) is 2.10. The number of hydrogen-bond donors (Lipinski definition) is 2. The van der Waals surface area contributed by atoms with E-state index in [1.54, 1.807) is 18.5 Å². The number of halogens is 1. The largest absolute Gasteiger partial charge is 0.353 e. The van der Waals surface area contributed by atoms with Crippen molar-refractivity contribution in [2.75, 3.05) is 5.32 Å². The molecule has 0 atom stereocenters. The molecule has 1 aromatic carbocycles. The number of carbonyl (C=O) groups is 1. The number of anilines is 2. The molecule has 2 N–H and O–H groups in total. The van der Waals surface area contributed by atoms with Gasteiger partial charge in [0.25, 0.3) is 0 Å². The van der Waals surface area contributed by atoms with E-state index in [4.69, 9.17) is 0 Å². The van der Waals surface area contributed by atoms with Crippen LogP contribution in [0, 0.1) is 5.82 Å². The molecule has 2 rings (SSSR count). The Balaban J connectivity index is 2.28. The number of rotatable bonds is 3. The standard InChI is InChI=1S/C10H8FN3O/c11-8-1-7(6-15)2-9(3-8)14-10-4-12-13-5-10/h1-6,14H,(H,12,13). The smallest absolute Gasteiger partial charge is 0.150 e. The third kappa shape index (κ3) is 2.19. The SMILES string of the molecule is O=Cc1cc(F)cc(Nc2cn[nH]c2)c1. The number of nitrogens with one attached hydrogen (secondary N) is 2. The maximum atomic E-state index is 13.0. The Hall–Kier alpha value is -2.17. The van der Waals surface area contributed by atoms with Crippen molar-refractivity contribution in [3.05, 3.63) is 42.0 Å². The van der Waals surface area contributed by atoms with Crippen molar-refractivity contribution < 1.29 is 9.18 Å². The Labute approximate surface area is 85.1 Å². The van der Waals surface area contributed by atoms with Crippen LogP contribution in [0.15, 0.2) is 30.6 Å². The van der Waals surface area contributed by atoms with Crippen LogP contribution in [-0.2, 0) is 0 Å². The normalized spacial score (nSPS) is 9.93. The lowest BCUT2D eigenvalue weighted by Crippen LogP contribution is -1.92. The Kier molecular flexibility index (Phi) is 2.45. The summed E-state index contributed by atoms with van der Waals surface area (Å²) in [6.07, 6.45) is 3.79. The van der Waals surface area contributed by atoms with Crippen LogP contribution in [0.3, 0.4) is 0 Å². The number of aldehydes is 1. The lowest BCUT2D eigenvalue weighted by Gasteiger charge is -2.03. The van der Waals surface area contributed by atoms with Gasteiger partial charge >= 0.3 is 0 Å². The monoisotopic (exact) mass is 205 g/mol. The first-order valence-electron chi connectivity index (χ1n) is 4.29. The average molecular weight is 205 g/mol. The van der Waals surface area contributed by atoms with E-state index in [1.807, 2.05) is 0 Å². The van der Waals surface area contributed by atoms with E-state index in [0.29, 0.717) is 23.2 Å². The molecule has 0 saturated heterocycles. The van der Waals surface area contributed by atoms with Gasteiger partial charge in [-0.1, -0.05) is 0 Å². The van der Waals surface area contributed by atoms with Gasteiger partial charge in [0.15, 0.2) is 0 Å². The molecule has 0 fully saturated rings. The molecule has 0 bridgehead atoms. The average Bonchev–Trinajstić information content (AvgIpc) is 2.69. The highest BCUT2D eigenvalue weighted by Crippen LogP contribution is 2.17. The second-order valence-corrected chi connectivity index (χ2v) is 3.00. The van der Waals surface area contributed by atoms with Crippen LogP contribution in [0.1, 0.15) is 10.4 Å². The maximum Gasteiger partial charge on any atom is 0.150 e. The fraction of sp³-hybridized carbons (Fsp3) is 0. The van der Waals surface area contributed by atoms with Crippen LogP contribution in [0.25, 0.3) is 0 Å². The first kappa shape index (κ1) is 9.39. The van der Waals surface area contributed by atoms with Gasteiger partial charge in [-0.15, -0.1) is 0 Å². The molecule has 0 unspecified atom stereocenters. The van der Waals surface area contributed by atoms with Crippen molar-refractivity contribution in [3.8, 4) is 0 Å². The number of aromatic amines is 1.